The summed E-state index contributed by atoms with van der Waals surface area (Å²) in [5.41, 5.74) is 2.72. The second-order valence-corrected chi connectivity index (χ2v) is 2.97. The number of rotatable bonds is 4. The maximum absolute atomic E-state index is 10.3. The average molecular weight is 150 g/mol. The van der Waals surface area contributed by atoms with Gasteiger partial charge in [0.15, 0.2) is 0 Å². The Balaban J connectivity index is 4.10. The predicted molar refractivity (Wildman–Crippen MR) is 48.1 cm³/mol. The molecule has 0 rings (SSSR count). The molecule has 0 aliphatic heterocycles. The van der Waals surface area contributed by atoms with Crippen LogP contribution in [0.1, 0.15) is 26.7 Å². The van der Waals surface area contributed by atoms with Crippen LogP contribution in [0.4, 0.5) is 0 Å². The standard InChI is InChI=1S/C10H14O/c1-8(2)5-10(7-11)6-9(3)4/h1,3,5-6H2,2,4H3. The summed E-state index contributed by atoms with van der Waals surface area (Å²) in [6.07, 6.45) is 1.30. The minimum atomic E-state index is 0.649. The van der Waals surface area contributed by atoms with Gasteiger partial charge in [0.25, 0.3) is 0 Å². The van der Waals surface area contributed by atoms with E-state index in [4.69, 9.17) is 0 Å². The van der Waals surface area contributed by atoms with E-state index in [9.17, 15) is 4.79 Å². The van der Waals surface area contributed by atoms with Crippen LogP contribution >= 0.6 is 0 Å². The highest BCUT2D eigenvalue weighted by Crippen LogP contribution is 2.13. The fraction of sp³-hybridized carbons (Fsp3) is 0.400. The van der Waals surface area contributed by atoms with E-state index in [-0.39, 0.29) is 0 Å². The summed E-state index contributed by atoms with van der Waals surface area (Å²) in [4.78, 5) is 10.3. The normalized spacial score (nSPS) is 8.55. The number of allylic oxidation sites excluding steroid dienone is 3. The molecule has 1 nitrogen and oxygen atoms in total. The lowest BCUT2D eigenvalue weighted by Gasteiger charge is -2.00. The van der Waals surface area contributed by atoms with E-state index in [2.05, 4.69) is 13.2 Å². The molecule has 0 amide bonds. The zero-order valence-electron chi connectivity index (χ0n) is 7.24. The van der Waals surface area contributed by atoms with Crippen molar-refractivity contribution in [2.75, 3.05) is 0 Å². The van der Waals surface area contributed by atoms with E-state index >= 15 is 0 Å². The van der Waals surface area contributed by atoms with Crippen molar-refractivity contribution in [2.24, 2.45) is 0 Å². The second kappa shape index (κ2) is 4.70. The Kier molecular flexibility index (Phi) is 4.24. The summed E-state index contributed by atoms with van der Waals surface area (Å²) in [7, 11) is 0. The molecule has 0 aliphatic carbocycles. The average Bonchev–Trinajstić information content (AvgIpc) is 1.84. The molecule has 0 bridgehead atoms. The lowest BCUT2D eigenvalue weighted by molar-refractivity contribution is 0.565. The third-order valence-corrected chi connectivity index (χ3v) is 1.17. The molecule has 0 unspecified atom stereocenters. The molecule has 11 heavy (non-hydrogen) atoms. The number of carbonyl (C=O) groups excluding carboxylic acids is 1. The molecule has 1 heteroatoms. The lowest BCUT2D eigenvalue weighted by atomic mass is 10.0. The van der Waals surface area contributed by atoms with Crippen LogP contribution in [-0.2, 0) is 4.79 Å². The van der Waals surface area contributed by atoms with Crippen molar-refractivity contribution >= 4 is 5.94 Å². The van der Waals surface area contributed by atoms with Crippen LogP contribution in [0.5, 0.6) is 0 Å². The zero-order valence-corrected chi connectivity index (χ0v) is 7.24. The third-order valence-electron chi connectivity index (χ3n) is 1.17. The summed E-state index contributed by atoms with van der Waals surface area (Å²) >= 11 is 0. The molecule has 0 aliphatic rings. The van der Waals surface area contributed by atoms with E-state index in [0.717, 1.165) is 16.7 Å². The molecule has 0 atom stereocenters. The summed E-state index contributed by atoms with van der Waals surface area (Å²) in [6.45, 7) is 11.2. The molecule has 0 fully saturated rings. The summed E-state index contributed by atoms with van der Waals surface area (Å²) < 4.78 is 0. The van der Waals surface area contributed by atoms with Crippen LogP contribution < -0.4 is 0 Å². The molecule has 0 aromatic carbocycles. The van der Waals surface area contributed by atoms with Gasteiger partial charge in [-0.2, -0.15) is 0 Å². The maximum atomic E-state index is 10.3. The topological polar surface area (TPSA) is 17.1 Å². The first kappa shape index (κ1) is 9.93. The molecule has 0 saturated heterocycles. The molecule has 0 radical (unpaired) electrons. The molecule has 0 saturated carbocycles. The van der Waals surface area contributed by atoms with Crippen molar-refractivity contribution in [3.8, 4) is 0 Å². The van der Waals surface area contributed by atoms with E-state index < -0.39 is 0 Å². The van der Waals surface area contributed by atoms with Gasteiger partial charge >= 0.3 is 0 Å². The maximum Gasteiger partial charge on any atom is 0.124 e. The largest absolute Gasteiger partial charge is 0.234 e. The van der Waals surface area contributed by atoms with Gasteiger partial charge in [-0.05, 0) is 26.7 Å². The molecular formula is C10H14O. The lowest BCUT2D eigenvalue weighted by Crippen LogP contribution is -1.86. The fourth-order valence-corrected chi connectivity index (χ4v) is 0.863. The fourth-order valence-electron chi connectivity index (χ4n) is 0.863. The Bertz CT molecular complexity index is 199. The van der Waals surface area contributed by atoms with Gasteiger partial charge in [0.1, 0.15) is 5.94 Å². The molecule has 0 N–H and O–H groups in total. The van der Waals surface area contributed by atoms with E-state index in [0.29, 0.717) is 12.8 Å². The third kappa shape index (κ3) is 5.38. The van der Waals surface area contributed by atoms with Crippen molar-refractivity contribution in [3.05, 3.63) is 29.9 Å². The summed E-state index contributed by atoms with van der Waals surface area (Å²) in [5.74, 6) is 1.91. The van der Waals surface area contributed by atoms with Gasteiger partial charge in [-0.3, -0.25) is 0 Å². The Morgan fingerprint density at radius 3 is 1.73 bits per heavy atom. The second-order valence-electron chi connectivity index (χ2n) is 2.97. The SMILES string of the molecule is C=C(C)CC(=C=O)CC(=C)C. The van der Waals surface area contributed by atoms with Crippen molar-refractivity contribution in [1.29, 1.82) is 0 Å². The van der Waals surface area contributed by atoms with Crippen LogP contribution in [0.3, 0.4) is 0 Å². The monoisotopic (exact) mass is 150 g/mol. The van der Waals surface area contributed by atoms with Gasteiger partial charge in [0.2, 0.25) is 0 Å². The van der Waals surface area contributed by atoms with Crippen LogP contribution in [0.2, 0.25) is 0 Å². The van der Waals surface area contributed by atoms with Gasteiger partial charge in [-0.15, -0.1) is 0 Å². The van der Waals surface area contributed by atoms with E-state index in [1.165, 1.54) is 0 Å². The van der Waals surface area contributed by atoms with Gasteiger partial charge in [0, 0.05) is 5.57 Å². The summed E-state index contributed by atoms with van der Waals surface area (Å²) in [5, 5.41) is 0. The van der Waals surface area contributed by atoms with Gasteiger partial charge in [0.05, 0.1) is 0 Å². The first-order chi connectivity index (χ1) is 5.06. The van der Waals surface area contributed by atoms with Gasteiger partial charge in [-0.1, -0.05) is 24.3 Å². The van der Waals surface area contributed by atoms with Gasteiger partial charge < -0.3 is 0 Å². The highest BCUT2D eigenvalue weighted by molar-refractivity contribution is 5.54. The quantitative estimate of drug-likeness (QED) is 0.445. The zero-order chi connectivity index (χ0) is 8.85. The predicted octanol–water partition coefficient (Wildman–Crippen LogP) is 2.68. The molecule has 60 valence electrons. The van der Waals surface area contributed by atoms with Crippen molar-refractivity contribution in [1.82, 2.24) is 0 Å². The highest BCUT2D eigenvalue weighted by atomic mass is 16.1. The Labute approximate surface area is 68.1 Å². The smallest absolute Gasteiger partial charge is 0.124 e. The summed E-state index contributed by atoms with van der Waals surface area (Å²) in [6, 6.07) is 0. The van der Waals surface area contributed by atoms with Crippen molar-refractivity contribution in [2.45, 2.75) is 26.7 Å². The van der Waals surface area contributed by atoms with Crippen LogP contribution in [0, 0.1) is 0 Å². The minimum absolute atomic E-state index is 0.649. The van der Waals surface area contributed by atoms with Crippen LogP contribution in [0.15, 0.2) is 29.9 Å². The van der Waals surface area contributed by atoms with E-state index in [1.54, 1.807) is 0 Å². The van der Waals surface area contributed by atoms with Crippen LogP contribution in [0.25, 0.3) is 0 Å². The van der Waals surface area contributed by atoms with E-state index in [1.807, 2.05) is 19.8 Å². The Hall–Kier alpha value is -1.07. The number of hydrogen-bond donors (Lipinski definition) is 0. The number of hydrogen-bond acceptors (Lipinski definition) is 1. The highest BCUT2D eigenvalue weighted by Gasteiger charge is 1.98. The first-order valence-electron chi connectivity index (χ1n) is 3.58. The van der Waals surface area contributed by atoms with Crippen molar-refractivity contribution < 1.29 is 4.79 Å². The molecule has 0 aromatic rings. The molecule has 0 spiro atoms. The Morgan fingerprint density at radius 2 is 1.55 bits per heavy atom. The van der Waals surface area contributed by atoms with Gasteiger partial charge in [-0.25, -0.2) is 4.79 Å². The minimum Gasteiger partial charge on any atom is -0.234 e. The van der Waals surface area contributed by atoms with Crippen LogP contribution in [-0.4, -0.2) is 5.94 Å². The molecule has 0 heterocycles. The molecular weight excluding hydrogens is 136 g/mol. The van der Waals surface area contributed by atoms with Crippen molar-refractivity contribution in [3.63, 3.8) is 0 Å². The molecule has 0 aromatic heterocycles. The first-order valence-corrected chi connectivity index (χ1v) is 3.58. The Morgan fingerprint density at radius 1 is 1.18 bits per heavy atom.